The molecule has 1 atom stereocenters. The largest absolute Gasteiger partial charge is 0.384 e. The highest BCUT2D eigenvalue weighted by atomic mass is 16.5. The molecule has 5 nitrogen and oxygen atoms in total. The Kier molecular flexibility index (Phi) is 6.89. The number of carbonyl (C=O) groups excluding carboxylic acids is 1. The fourth-order valence-corrected chi connectivity index (χ4v) is 1.62. The molecule has 0 aliphatic carbocycles. The van der Waals surface area contributed by atoms with Crippen molar-refractivity contribution in [2.75, 3.05) is 25.6 Å². The summed E-state index contributed by atoms with van der Waals surface area (Å²) in [6.07, 6.45) is 3.56. The quantitative estimate of drug-likeness (QED) is 0.755. The summed E-state index contributed by atoms with van der Waals surface area (Å²) in [4.78, 5) is 16.1. The Morgan fingerprint density at radius 3 is 2.74 bits per heavy atom. The number of ether oxygens (including phenoxy) is 1. The minimum Gasteiger partial charge on any atom is -0.384 e. The van der Waals surface area contributed by atoms with Gasteiger partial charge in [0.2, 0.25) is 0 Å². The number of aromatic nitrogens is 1. The van der Waals surface area contributed by atoms with Crippen LogP contribution in [0.25, 0.3) is 0 Å². The molecule has 1 unspecified atom stereocenters. The predicted octanol–water partition coefficient (Wildman–Crippen LogP) is 2.06. The molecule has 1 amide bonds. The van der Waals surface area contributed by atoms with Crippen molar-refractivity contribution < 1.29 is 9.53 Å². The number of amides is 1. The summed E-state index contributed by atoms with van der Waals surface area (Å²) in [5.74, 6) is -0.161. The molecule has 0 bridgehead atoms. The molecule has 0 fully saturated rings. The van der Waals surface area contributed by atoms with Crippen molar-refractivity contribution in [3.05, 3.63) is 24.0 Å². The first-order valence-electron chi connectivity index (χ1n) is 6.71. The molecule has 1 aromatic rings. The van der Waals surface area contributed by atoms with Gasteiger partial charge >= 0.3 is 0 Å². The molecular weight excluding hydrogens is 242 g/mol. The van der Waals surface area contributed by atoms with Gasteiger partial charge in [0.05, 0.1) is 24.5 Å². The van der Waals surface area contributed by atoms with Gasteiger partial charge in [-0.25, -0.2) is 4.98 Å². The van der Waals surface area contributed by atoms with Crippen LogP contribution in [-0.4, -0.2) is 37.2 Å². The van der Waals surface area contributed by atoms with Crippen molar-refractivity contribution in [1.82, 2.24) is 10.3 Å². The van der Waals surface area contributed by atoms with Crippen molar-refractivity contribution in [3.8, 4) is 0 Å². The second-order valence-corrected chi connectivity index (χ2v) is 4.39. The van der Waals surface area contributed by atoms with Crippen LogP contribution in [0.4, 0.5) is 5.69 Å². The first kappa shape index (κ1) is 15.4. The van der Waals surface area contributed by atoms with Gasteiger partial charge in [-0.15, -0.1) is 0 Å². The standard InChI is InChI=1S/C14H23N3O2/c1-4-8-15-12-6-7-13(16-9-12)14(18)17-11(5-2)10-19-3/h6-7,9,11,15H,4-5,8,10H2,1-3H3,(H,17,18). The number of rotatable bonds is 8. The van der Waals surface area contributed by atoms with E-state index in [2.05, 4.69) is 22.5 Å². The van der Waals surface area contributed by atoms with E-state index in [0.29, 0.717) is 12.3 Å². The van der Waals surface area contributed by atoms with E-state index >= 15 is 0 Å². The maximum absolute atomic E-state index is 12.0. The smallest absolute Gasteiger partial charge is 0.270 e. The lowest BCUT2D eigenvalue weighted by molar-refractivity contribution is 0.0889. The van der Waals surface area contributed by atoms with Crippen LogP contribution in [-0.2, 0) is 4.74 Å². The third-order valence-electron chi connectivity index (χ3n) is 2.77. The summed E-state index contributed by atoms with van der Waals surface area (Å²) in [6.45, 7) is 5.52. The fourth-order valence-electron chi connectivity index (χ4n) is 1.62. The highest BCUT2D eigenvalue weighted by Crippen LogP contribution is 2.06. The maximum atomic E-state index is 12.0. The molecule has 5 heteroatoms. The van der Waals surface area contributed by atoms with E-state index in [1.54, 1.807) is 19.4 Å². The molecule has 0 aliphatic rings. The van der Waals surface area contributed by atoms with Gasteiger partial charge in [0.25, 0.3) is 5.91 Å². The Balaban J connectivity index is 2.56. The molecule has 0 saturated carbocycles. The summed E-state index contributed by atoms with van der Waals surface area (Å²) in [5.41, 5.74) is 1.36. The van der Waals surface area contributed by atoms with Gasteiger partial charge in [0, 0.05) is 13.7 Å². The molecule has 19 heavy (non-hydrogen) atoms. The average Bonchev–Trinajstić information content (AvgIpc) is 2.45. The number of pyridine rings is 1. The molecule has 1 aromatic heterocycles. The number of nitrogens with one attached hydrogen (secondary N) is 2. The van der Waals surface area contributed by atoms with Crippen molar-refractivity contribution >= 4 is 11.6 Å². The number of methoxy groups -OCH3 is 1. The van der Waals surface area contributed by atoms with Crippen LogP contribution in [0.2, 0.25) is 0 Å². The summed E-state index contributed by atoms with van der Waals surface area (Å²) >= 11 is 0. The topological polar surface area (TPSA) is 63.2 Å². The number of nitrogens with zero attached hydrogens (tertiary/aromatic N) is 1. The lowest BCUT2D eigenvalue weighted by Gasteiger charge is -2.15. The van der Waals surface area contributed by atoms with E-state index in [0.717, 1.165) is 25.1 Å². The van der Waals surface area contributed by atoms with Gasteiger partial charge in [-0.2, -0.15) is 0 Å². The number of anilines is 1. The van der Waals surface area contributed by atoms with E-state index in [-0.39, 0.29) is 11.9 Å². The number of hydrogen-bond donors (Lipinski definition) is 2. The Labute approximate surface area is 114 Å². The summed E-state index contributed by atoms with van der Waals surface area (Å²) < 4.78 is 5.05. The minimum absolute atomic E-state index is 0.0252. The second-order valence-electron chi connectivity index (χ2n) is 4.39. The van der Waals surface area contributed by atoms with Crippen LogP contribution in [0.3, 0.4) is 0 Å². The van der Waals surface area contributed by atoms with Crippen LogP contribution >= 0.6 is 0 Å². The molecular formula is C14H23N3O2. The average molecular weight is 265 g/mol. The summed E-state index contributed by atoms with van der Waals surface area (Å²) in [6, 6.07) is 3.62. The van der Waals surface area contributed by atoms with E-state index in [1.807, 2.05) is 13.0 Å². The lowest BCUT2D eigenvalue weighted by Crippen LogP contribution is -2.37. The molecule has 1 rings (SSSR count). The zero-order valence-corrected chi connectivity index (χ0v) is 11.9. The molecule has 0 saturated heterocycles. The SMILES string of the molecule is CCCNc1ccc(C(=O)NC(CC)COC)nc1. The monoisotopic (exact) mass is 265 g/mol. The third-order valence-corrected chi connectivity index (χ3v) is 2.77. The van der Waals surface area contributed by atoms with Crippen molar-refractivity contribution in [2.45, 2.75) is 32.7 Å². The van der Waals surface area contributed by atoms with Crippen LogP contribution in [0.1, 0.15) is 37.2 Å². The molecule has 2 N–H and O–H groups in total. The van der Waals surface area contributed by atoms with Crippen LogP contribution in [0, 0.1) is 0 Å². The Morgan fingerprint density at radius 2 is 2.21 bits per heavy atom. The molecule has 0 spiro atoms. The Bertz CT molecular complexity index is 379. The van der Waals surface area contributed by atoms with Crippen LogP contribution in [0.15, 0.2) is 18.3 Å². The molecule has 0 radical (unpaired) electrons. The summed E-state index contributed by atoms with van der Waals surface area (Å²) in [5, 5.41) is 6.12. The van der Waals surface area contributed by atoms with Crippen molar-refractivity contribution in [1.29, 1.82) is 0 Å². The Hall–Kier alpha value is -1.62. The highest BCUT2D eigenvalue weighted by Gasteiger charge is 2.12. The van der Waals surface area contributed by atoms with E-state index in [9.17, 15) is 4.79 Å². The van der Waals surface area contributed by atoms with Crippen molar-refractivity contribution in [3.63, 3.8) is 0 Å². The lowest BCUT2D eigenvalue weighted by atomic mass is 10.2. The highest BCUT2D eigenvalue weighted by molar-refractivity contribution is 5.92. The van der Waals surface area contributed by atoms with Gasteiger partial charge in [0.1, 0.15) is 5.69 Å². The first-order valence-corrected chi connectivity index (χ1v) is 6.71. The maximum Gasteiger partial charge on any atom is 0.270 e. The van der Waals surface area contributed by atoms with Gasteiger partial charge in [-0.1, -0.05) is 13.8 Å². The van der Waals surface area contributed by atoms with Gasteiger partial charge in [-0.3, -0.25) is 4.79 Å². The fraction of sp³-hybridized carbons (Fsp3) is 0.571. The first-order chi connectivity index (χ1) is 9.21. The molecule has 1 heterocycles. The zero-order chi connectivity index (χ0) is 14.1. The van der Waals surface area contributed by atoms with Gasteiger partial charge in [0.15, 0.2) is 0 Å². The van der Waals surface area contributed by atoms with Gasteiger partial charge < -0.3 is 15.4 Å². The number of hydrogen-bond acceptors (Lipinski definition) is 4. The van der Waals surface area contributed by atoms with Crippen LogP contribution in [0.5, 0.6) is 0 Å². The van der Waals surface area contributed by atoms with Gasteiger partial charge in [-0.05, 0) is 25.0 Å². The van der Waals surface area contributed by atoms with E-state index in [4.69, 9.17) is 4.74 Å². The number of carbonyl (C=O) groups is 1. The summed E-state index contributed by atoms with van der Waals surface area (Å²) in [7, 11) is 1.63. The second kappa shape index (κ2) is 8.48. The van der Waals surface area contributed by atoms with Crippen LogP contribution < -0.4 is 10.6 Å². The normalized spacial score (nSPS) is 11.9. The zero-order valence-electron chi connectivity index (χ0n) is 11.9. The molecule has 106 valence electrons. The third kappa shape index (κ3) is 5.26. The molecule has 0 aromatic carbocycles. The minimum atomic E-state index is -0.161. The Morgan fingerprint density at radius 1 is 1.42 bits per heavy atom. The van der Waals surface area contributed by atoms with Crippen molar-refractivity contribution in [2.24, 2.45) is 0 Å². The van der Waals surface area contributed by atoms with E-state index < -0.39 is 0 Å². The van der Waals surface area contributed by atoms with E-state index in [1.165, 1.54) is 0 Å². The molecule has 0 aliphatic heterocycles. The predicted molar refractivity (Wildman–Crippen MR) is 76.4 cm³/mol.